The molecule has 4 N–H and O–H groups in total. The molecule has 1 aromatic carbocycles. The van der Waals surface area contributed by atoms with Crippen LogP contribution in [0.15, 0.2) is 24.3 Å². The van der Waals surface area contributed by atoms with E-state index in [1.807, 2.05) is 12.1 Å². The molecule has 1 atom stereocenters. The molecule has 1 fully saturated rings. The number of carbonyl (C=O) groups is 2. The van der Waals surface area contributed by atoms with Crippen LogP contribution in [0, 0.1) is 0 Å². The number of imide groups is 1. The Labute approximate surface area is 86.6 Å². The first-order chi connectivity index (χ1) is 7.15. The van der Waals surface area contributed by atoms with Gasteiger partial charge in [-0.1, -0.05) is 12.1 Å². The minimum Gasteiger partial charge on any atom is -0.399 e. The van der Waals surface area contributed by atoms with E-state index < -0.39 is 12.1 Å². The van der Waals surface area contributed by atoms with Crippen molar-refractivity contribution >= 4 is 17.6 Å². The highest BCUT2D eigenvalue weighted by Crippen LogP contribution is 2.09. The van der Waals surface area contributed by atoms with E-state index in [-0.39, 0.29) is 5.91 Å². The number of carbonyl (C=O) groups excluding carboxylic acids is 2. The third-order valence-electron chi connectivity index (χ3n) is 2.28. The quantitative estimate of drug-likeness (QED) is 0.470. The lowest BCUT2D eigenvalue weighted by Gasteiger charge is -2.06. The van der Waals surface area contributed by atoms with Gasteiger partial charge in [0.15, 0.2) is 0 Å². The molecule has 1 saturated heterocycles. The molecule has 3 amide bonds. The fraction of sp³-hybridized carbons (Fsp3) is 0.200. The van der Waals surface area contributed by atoms with Crippen molar-refractivity contribution in [3.8, 4) is 0 Å². The van der Waals surface area contributed by atoms with Crippen molar-refractivity contribution in [1.29, 1.82) is 0 Å². The molecule has 1 aromatic rings. The van der Waals surface area contributed by atoms with Crippen LogP contribution in [0.1, 0.15) is 5.56 Å². The second-order valence-corrected chi connectivity index (χ2v) is 3.46. The van der Waals surface area contributed by atoms with Crippen LogP contribution in [0.2, 0.25) is 0 Å². The molecule has 78 valence electrons. The summed E-state index contributed by atoms with van der Waals surface area (Å²) in [6.45, 7) is 0. The number of nitrogen functional groups attached to an aromatic ring is 1. The van der Waals surface area contributed by atoms with Gasteiger partial charge in [-0.2, -0.15) is 0 Å². The molecule has 5 nitrogen and oxygen atoms in total. The Morgan fingerprint density at radius 1 is 1.20 bits per heavy atom. The number of rotatable bonds is 2. The van der Waals surface area contributed by atoms with E-state index in [9.17, 15) is 9.59 Å². The van der Waals surface area contributed by atoms with Crippen LogP contribution in [-0.4, -0.2) is 18.0 Å². The van der Waals surface area contributed by atoms with Gasteiger partial charge in [0.2, 0.25) is 0 Å². The number of hydrogen-bond acceptors (Lipinski definition) is 3. The number of urea groups is 1. The van der Waals surface area contributed by atoms with Crippen LogP contribution in [0.25, 0.3) is 0 Å². The zero-order chi connectivity index (χ0) is 10.8. The lowest BCUT2D eigenvalue weighted by molar-refractivity contribution is -0.120. The number of anilines is 1. The first-order valence-electron chi connectivity index (χ1n) is 4.61. The third kappa shape index (κ3) is 2.07. The van der Waals surface area contributed by atoms with Crippen LogP contribution in [0.3, 0.4) is 0 Å². The summed E-state index contributed by atoms with van der Waals surface area (Å²) in [5.41, 5.74) is 7.18. The summed E-state index contributed by atoms with van der Waals surface area (Å²) in [7, 11) is 0. The monoisotopic (exact) mass is 205 g/mol. The summed E-state index contributed by atoms with van der Waals surface area (Å²) in [6, 6.07) is 6.32. The molecule has 0 spiro atoms. The molecule has 0 aromatic heterocycles. The molecule has 0 bridgehead atoms. The summed E-state index contributed by atoms with van der Waals surface area (Å²) in [4.78, 5) is 22.1. The molecule has 2 rings (SSSR count). The summed E-state index contributed by atoms with van der Waals surface area (Å²) in [6.07, 6.45) is 0.484. The molecule has 0 saturated carbocycles. The Morgan fingerprint density at radius 3 is 2.40 bits per heavy atom. The molecular weight excluding hydrogens is 194 g/mol. The van der Waals surface area contributed by atoms with Gasteiger partial charge in [0.1, 0.15) is 6.04 Å². The summed E-state index contributed by atoms with van der Waals surface area (Å²) >= 11 is 0. The largest absolute Gasteiger partial charge is 0.399 e. The maximum absolute atomic E-state index is 11.2. The lowest BCUT2D eigenvalue weighted by Crippen LogP contribution is -2.31. The highest BCUT2D eigenvalue weighted by Gasteiger charge is 2.29. The highest BCUT2D eigenvalue weighted by molar-refractivity contribution is 6.04. The van der Waals surface area contributed by atoms with Gasteiger partial charge < -0.3 is 11.1 Å². The van der Waals surface area contributed by atoms with Crippen molar-refractivity contribution < 1.29 is 9.59 Å². The van der Waals surface area contributed by atoms with Gasteiger partial charge in [-0.25, -0.2) is 4.79 Å². The van der Waals surface area contributed by atoms with Crippen LogP contribution >= 0.6 is 0 Å². The molecule has 0 aliphatic carbocycles. The fourth-order valence-corrected chi connectivity index (χ4v) is 1.49. The second-order valence-electron chi connectivity index (χ2n) is 3.46. The standard InChI is InChI=1S/C10H11N3O2/c11-7-3-1-6(2-4-7)5-8-9(14)13-10(15)12-8/h1-4,8H,5,11H2,(H2,12,13,14,15). The van der Waals surface area contributed by atoms with Gasteiger partial charge >= 0.3 is 6.03 Å². The van der Waals surface area contributed by atoms with Gasteiger partial charge in [-0.3, -0.25) is 10.1 Å². The van der Waals surface area contributed by atoms with Crippen LogP contribution in [0.5, 0.6) is 0 Å². The van der Waals surface area contributed by atoms with E-state index in [0.717, 1.165) is 5.56 Å². The smallest absolute Gasteiger partial charge is 0.322 e. The maximum atomic E-state index is 11.2. The van der Waals surface area contributed by atoms with Gasteiger partial charge in [0, 0.05) is 12.1 Å². The first-order valence-corrected chi connectivity index (χ1v) is 4.61. The van der Waals surface area contributed by atoms with Crippen LogP contribution in [0.4, 0.5) is 10.5 Å². The van der Waals surface area contributed by atoms with Crippen LogP contribution in [-0.2, 0) is 11.2 Å². The van der Waals surface area contributed by atoms with Crippen molar-refractivity contribution in [2.24, 2.45) is 0 Å². The topological polar surface area (TPSA) is 84.2 Å². The van der Waals surface area contributed by atoms with Crippen molar-refractivity contribution in [1.82, 2.24) is 10.6 Å². The minimum absolute atomic E-state index is 0.281. The van der Waals surface area contributed by atoms with Crippen molar-refractivity contribution in [2.75, 3.05) is 5.73 Å². The van der Waals surface area contributed by atoms with Crippen molar-refractivity contribution in [2.45, 2.75) is 12.5 Å². The zero-order valence-corrected chi connectivity index (χ0v) is 7.99. The lowest BCUT2D eigenvalue weighted by atomic mass is 10.1. The fourth-order valence-electron chi connectivity index (χ4n) is 1.49. The zero-order valence-electron chi connectivity index (χ0n) is 7.99. The third-order valence-corrected chi connectivity index (χ3v) is 2.28. The molecular formula is C10H11N3O2. The summed E-state index contributed by atoms with van der Waals surface area (Å²) < 4.78 is 0. The molecule has 1 aliphatic heterocycles. The van der Waals surface area contributed by atoms with Crippen molar-refractivity contribution in [3.05, 3.63) is 29.8 Å². The number of nitrogens with two attached hydrogens (primary N) is 1. The maximum Gasteiger partial charge on any atom is 0.322 e. The molecule has 15 heavy (non-hydrogen) atoms. The van der Waals surface area contributed by atoms with Gasteiger partial charge in [-0.05, 0) is 17.7 Å². The highest BCUT2D eigenvalue weighted by atomic mass is 16.2. The van der Waals surface area contributed by atoms with E-state index >= 15 is 0 Å². The Morgan fingerprint density at radius 2 is 1.87 bits per heavy atom. The van der Waals surface area contributed by atoms with E-state index in [4.69, 9.17) is 5.73 Å². The normalized spacial score (nSPS) is 19.9. The second kappa shape index (κ2) is 3.61. The van der Waals surface area contributed by atoms with Gasteiger partial charge in [-0.15, -0.1) is 0 Å². The Bertz CT molecular complexity index is 400. The van der Waals surface area contributed by atoms with E-state index in [1.165, 1.54) is 0 Å². The number of benzene rings is 1. The molecule has 5 heteroatoms. The van der Waals surface area contributed by atoms with E-state index in [2.05, 4.69) is 10.6 Å². The first kappa shape index (κ1) is 9.51. The predicted octanol–water partition coefficient (Wildman–Crippen LogP) is 0.0193. The van der Waals surface area contributed by atoms with Crippen LogP contribution < -0.4 is 16.4 Å². The molecule has 1 heterocycles. The summed E-state index contributed by atoms with van der Waals surface area (Å²) in [5.74, 6) is -0.281. The molecule has 1 unspecified atom stereocenters. The van der Waals surface area contributed by atoms with Gasteiger partial charge in [0.25, 0.3) is 5.91 Å². The van der Waals surface area contributed by atoms with E-state index in [0.29, 0.717) is 12.1 Å². The Kier molecular flexibility index (Phi) is 2.29. The molecule has 0 radical (unpaired) electrons. The predicted molar refractivity (Wildman–Crippen MR) is 55.0 cm³/mol. The Balaban J connectivity index is 2.06. The van der Waals surface area contributed by atoms with Crippen molar-refractivity contribution in [3.63, 3.8) is 0 Å². The Hall–Kier alpha value is -2.04. The summed E-state index contributed by atoms with van der Waals surface area (Å²) in [5, 5.41) is 4.72. The molecule has 1 aliphatic rings. The number of amides is 3. The number of nitrogens with one attached hydrogen (secondary N) is 2. The average Bonchev–Trinajstić information content (AvgIpc) is 2.49. The van der Waals surface area contributed by atoms with Gasteiger partial charge in [0.05, 0.1) is 0 Å². The van der Waals surface area contributed by atoms with E-state index in [1.54, 1.807) is 12.1 Å². The SMILES string of the molecule is Nc1ccc(CC2NC(=O)NC2=O)cc1. The minimum atomic E-state index is -0.471. The number of hydrogen-bond donors (Lipinski definition) is 3. The average molecular weight is 205 g/mol.